The Labute approximate surface area is 187 Å². The summed E-state index contributed by atoms with van der Waals surface area (Å²) in [5.74, 6) is -0.142. The quantitative estimate of drug-likeness (QED) is 0.463. The number of fused-ring (bicyclic) bond motifs is 3. The molecule has 0 N–H and O–H groups in total. The second-order valence-electron chi connectivity index (χ2n) is 7.15. The molecule has 2 amide bonds. The maximum absolute atomic E-state index is 13.6. The number of carbonyl (C=O) groups is 2. The van der Waals surface area contributed by atoms with Crippen molar-refractivity contribution >= 4 is 46.0 Å². The lowest BCUT2D eigenvalue weighted by Gasteiger charge is -2.40. The average molecular weight is 515 g/mol. The molecule has 0 aromatic heterocycles. The van der Waals surface area contributed by atoms with E-state index < -0.39 is 5.66 Å². The van der Waals surface area contributed by atoms with E-state index in [-0.39, 0.29) is 11.8 Å². The van der Waals surface area contributed by atoms with Crippen LogP contribution in [0.25, 0.3) is 0 Å². The minimum absolute atomic E-state index is 0.0477. The van der Waals surface area contributed by atoms with Gasteiger partial charge in [0, 0.05) is 43.9 Å². The van der Waals surface area contributed by atoms with Gasteiger partial charge in [-0.05, 0) is 65.1 Å². The highest BCUT2D eigenvalue weighted by Gasteiger charge is 2.59. The zero-order valence-corrected chi connectivity index (χ0v) is 18.2. The monoisotopic (exact) mass is 514 g/mol. The molecule has 0 saturated carbocycles. The number of nitrogens with zero attached hydrogens (tertiary/aromatic N) is 2. The van der Waals surface area contributed by atoms with Crippen molar-refractivity contribution in [3.05, 3.63) is 104 Å². The van der Waals surface area contributed by atoms with Crippen LogP contribution in [-0.2, 0) is 5.66 Å². The van der Waals surface area contributed by atoms with Crippen molar-refractivity contribution in [3.8, 4) is 0 Å². The van der Waals surface area contributed by atoms with E-state index in [1.54, 1.807) is 12.1 Å². The van der Waals surface area contributed by atoms with Crippen LogP contribution in [0.1, 0.15) is 31.8 Å². The molecule has 0 aliphatic carbocycles. The van der Waals surface area contributed by atoms with Gasteiger partial charge in [0.25, 0.3) is 11.8 Å². The Kier molecular flexibility index (Phi) is 4.40. The second kappa shape index (κ2) is 6.85. The van der Waals surface area contributed by atoms with Crippen LogP contribution in [0, 0.1) is 3.57 Å². The van der Waals surface area contributed by atoms with Crippen LogP contribution in [0.3, 0.4) is 0 Å². The lowest BCUT2D eigenvalue weighted by atomic mass is 9.89. The zero-order valence-electron chi connectivity index (χ0n) is 15.3. The SMILES string of the molecule is O=C(c1ccc(I)cc1)N1CCN2C(=O)c3ccccc3C12c1ccc(Cl)cc1. The van der Waals surface area contributed by atoms with Gasteiger partial charge in [-0.25, -0.2) is 0 Å². The number of rotatable bonds is 2. The van der Waals surface area contributed by atoms with Crippen molar-refractivity contribution < 1.29 is 9.59 Å². The molecule has 4 nitrogen and oxygen atoms in total. The van der Waals surface area contributed by atoms with Crippen LogP contribution in [-0.4, -0.2) is 34.7 Å². The van der Waals surface area contributed by atoms with Crippen molar-refractivity contribution in [2.24, 2.45) is 0 Å². The molecule has 1 unspecified atom stereocenters. The van der Waals surface area contributed by atoms with E-state index in [2.05, 4.69) is 22.6 Å². The first-order chi connectivity index (χ1) is 14.0. The fraction of sp³-hybridized carbons (Fsp3) is 0.130. The predicted molar refractivity (Wildman–Crippen MR) is 120 cm³/mol. The summed E-state index contributed by atoms with van der Waals surface area (Å²) >= 11 is 8.36. The summed E-state index contributed by atoms with van der Waals surface area (Å²) in [6.45, 7) is 0.944. The normalized spacial score (nSPS) is 20.0. The van der Waals surface area contributed by atoms with Crippen molar-refractivity contribution in [2.75, 3.05) is 13.1 Å². The molecule has 0 bridgehead atoms. The van der Waals surface area contributed by atoms with E-state index in [0.717, 1.165) is 14.7 Å². The van der Waals surface area contributed by atoms with Gasteiger partial charge in [-0.3, -0.25) is 9.59 Å². The summed E-state index contributed by atoms with van der Waals surface area (Å²) in [5.41, 5.74) is 1.98. The van der Waals surface area contributed by atoms with Crippen LogP contribution in [0.15, 0.2) is 72.8 Å². The number of carbonyl (C=O) groups excluding carboxylic acids is 2. The van der Waals surface area contributed by atoms with Gasteiger partial charge in [0.2, 0.25) is 0 Å². The molecule has 5 rings (SSSR count). The third-order valence-electron chi connectivity index (χ3n) is 5.69. The van der Waals surface area contributed by atoms with Crippen molar-refractivity contribution in [1.29, 1.82) is 0 Å². The Bertz CT molecular complexity index is 1130. The molecule has 1 atom stereocenters. The fourth-order valence-corrected chi connectivity index (χ4v) is 4.96. The van der Waals surface area contributed by atoms with E-state index in [1.165, 1.54) is 0 Å². The molecule has 144 valence electrons. The molecule has 6 heteroatoms. The minimum Gasteiger partial charge on any atom is -0.306 e. The highest BCUT2D eigenvalue weighted by molar-refractivity contribution is 14.1. The van der Waals surface area contributed by atoms with Crippen LogP contribution < -0.4 is 0 Å². The highest BCUT2D eigenvalue weighted by atomic mass is 127. The molecule has 3 aromatic rings. The first-order valence-corrected chi connectivity index (χ1v) is 10.7. The molecule has 3 aromatic carbocycles. The average Bonchev–Trinajstić information content (AvgIpc) is 3.25. The van der Waals surface area contributed by atoms with E-state index in [4.69, 9.17) is 11.6 Å². The third kappa shape index (κ3) is 2.64. The van der Waals surface area contributed by atoms with E-state index in [1.807, 2.05) is 70.5 Å². The Morgan fingerprint density at radius 2 is 1.62 bits per heavy atom. The zero-order chi connectivity index (χ0) is 20.2. The summed E-state index contributed by atoms with van der Waals surface area (Å²) < 4.78 is 1.07. The third-order valence-corrected chi connectivity index (χ3v) is 6.66. The molecule has 2 heterocycles. The topological polar surface area (TPSA) is 40.6 Å². The van der Waals surface area contributed by atoms with Gasteiger partial charge in [-0.1, -0.05) is 41.9 Å². The van der Waals surface area contributed by atoms with Crippen LogP contribution in [0.5, 0.6) is 0 Å². The number of benzene rings is 3. The first-order valence-electron chi connectivity index (χ1n) is 9.28. The maximum Gasteiger partial charge on any atom is 0.256 e. The molecule has 1 saturated heterocycles. The minimum atomic E-state index is -0.960. The Morgan fingerprint density at radius 1 is 0.931 bits per heavy atom. The van der Waals surface area contributed by atoms with Gasteiger partial charge in [-0.15, -0.1) is 0 Å². The fourth-order valence-electron chi connectivity index (χ4n) is 4.47. The summed E-state index contributed by atoms with van der Waals surface area (Å²) in [6, 6.07) is 22.5. The largest absolute Gasteiger partial charge is 0.306 e. The summed E-state index contributed by atoms with van der Waals surface area (Å²) in [5, 5.41) is 0.614. The van der Waals surface area contributed by atoms with E-state index >= 15 is 0 Å². The van der Waals surface area contributed by atoms with Gasteiger partial charge < -0.3 is 9.80 Å². The van der Waals surface area contributed by atoms with Gasteiger partial charge in [0.1, 0.15) is 0 Å². The smallest absolute Gasteiger partial charge is 0.256 e. The highest BCUT2D eigenvalue weighted by Crippen LogP contribution is 2.50. The van der Waals surface area contributed by atoms with Gasteiger partial charge in [-0.2, -0.15) is 0 Å². The standard InChI is InChI=1S/C23H16ClIN2O2/c24-17-9-7-16(8-10-17)23-20-4-2-1-3-19(20)22(29)27(23)14-13-26(23)21(28)15-5-11-18(25)12-6-15/h1-12H,13-14H2. The maximum atomic E-state index is 13.6. The number of hydrogen-bond donors (Lipinski definition) is 0. The molecule has 0 radical (unpaired) electrons. The van der Waals surface area contributed by atoms with Crippen molar-refractivity contribution in [1.82, 2.24) is 9.80 Å². The molecule has 2 aliphatic heterocycles. The first kappa shape index (κ1) is 18.6. The van der Waals surface area contributed by atoms with E-state index in [9.17, 15) is 9.59 Å². The molecule has 29 heavy (non-hydrogen) atoms. The number of halogens is 2. The van der Waals surface area contributed by atoms with Crippen LogP contribution in [0.4, 0.5) is 0 Å². The lowest BCUT2D eigenvalue weighted by Crippen LogP contribution is -2.51. The predicted octanol–water partition coefficient (Wildman–Crippen LogP) is 4.76. The van der Waals surface area contributed by atoms with E-state index in [0.29, 0.717) is 29.2 Å². The number of amides is 2. The van der Waals surface area contributed by atoms with Crippen molar-refractivity contribution in [3.63, 3.8) is 0 Å². The second-order valence-corrected chi connectivity index (χ2v) is 8.83. The Balaban J connectivity index is 1.74. The molecular weight excluding hydrogens is 499 g/mol. The summed E-state index contributed by atoms with van der Waals surface area (Å²) in [4.78, 5) is 30.5. The molecule has 2 aliphatic rings. The van der Waals surface area contributed by atoms with Crippen LogP contribution in [0.2, 0.25) is 5.02 Å². The molecular formula is C23H16ClIN2O2. The van der Waals surface area contributed by atoms with Crippen LogP contribution >= 0.6 is 34.2 Å². The number of hydrogen-bond acceptors (Lipinski definition) is 2. The molecule has 1 fully saturated rings. The van der Waals surface area contributed by atoms with Crippen molar-refractivity contribution in [2.45, 2.75) is 5.66 Å². The summed E-state index contributed by atoms with van der Waals surface area (Å²) in [6.07, 6.45) is 0. The Morgan fingerprint density at radius 3 is 2.34 bits per heavy atom. The lowest BCUT2D eigenvalue weighted by molar-refractivity contribution is 0.0375. The Hall–Kier alpha value is -2.38. The summed E-state index contributed by atoms with van der Waals surface area (Å²) in [7, 11) is 0. The van der Waals surface area contributed by atoms with Gasteiger partial charge in [0.05, 0.1) is 0 Å². The van der Waals surface area contributed by atoms with Gasteiger partial charge in [0.15, 0.2) is 5.66 Å². The molecule has 0 spiro atoms. The van der Waals surface area contributed by atoms with Gasteiger partial charge >= 0.3 is 0 Å².